The first-order valence-electron chi connectivity index (χ1n) is 7.70. The second-order valence-corrected chi connectivity index (χ2v) is 7.78. The molecule has 3 nitrogen and oxygen atoms in total. The summed E-state index contributed by atoms with van der Waals surface area (Å²) in [7, 11) is 0. The van der Waals surface area contributed by atoms with Gasteiger partial charge in [-0.3, -0.25) is 0 Å². The summed E-state index contributed by atoms with van der Waals surface area (Å²) in [6.07, 6.45) is 0.538. The summed E-state index contributed by atoms with van der Waals surface area (Å²) in [5, 5.41) is 13.5. The Hall–Kier alpha value is -1.06. The van der Waals surface area contributed by atoms with E-state index in [-0.39, 0.29) is 11.0 Å². The number of rotatable bonds is 7. The van der Waals surface area contributed by atoms with Crippen LogP contribution < -0.4 is 10.1 Å². The molecule has 3 heteroatoms. The lowest BCUT2D eigenvalue weighted by molar-refractivity contribution is 0.0944. The van der Waals surface area contributed by atoms with E-state index in [1.54, 1.807) is 0 Å². The first-order valence-corrected chi connectivity index (χ1v) is 7.70. The van der Waals surface area contributed by atoms with Crippen LogP contribution in [0, 0.1) is 12.3 Å². The van der Waals surface area contributed by atoms with Gasteiger partial charge in [-0.15, -0.1) is 0 Å². The number of benzene rings is 1. The highest BCUT2D eigenvalue weighted by Crippen LogP contribution is 2.26. The molecule has 0 amide bonds. The van der Waals surface area contributed by atoms with Crippen molar-refractivity contribution in [3.05, 3.63) is 29.8 Å². The molecule has 120 valence electrons. The minimum atomic E-state index is -0.509. The van der Waals surface area contributed by atoms with Crippen molar-refractivity contribution in [2.75, 3.05) is 13.2 Å². The van der Waals surface area contributed by atoms with Gasteiger partial charge in [0, 0.05) is 12.1 Å². The first kappa shape index (κ1) is 18.0. The number of hydrogen-bond donors (Lipinski definition) is 2. The van der Waals surface area contributed by atoms with Gasteiger partial charge in [0.15, 0.2) is 0 Å². The molecule has 0 saturated heterocycles. The second kappa shape index (κ2) is 7.28. The number of nitrogens with one attached hydrogen (secondary N) is 1. The number of ether oxygens (including phenoxy) is 1. The maximum atomic E-state index is 10.1. The van der Waals surface area contributed by atoms with Gasteiger partial charge in [-0.2, -0.15) is 0 Å². The zero-order valence-corrected chi connectivity index (χ0v) is 14.4. The lowest BCUT2D eigenvalue weighted by atomic mass is 9.82. The zero-order valence-electron chi connectivity index (χ0n) is 14.4. The van der Waals surface area contributed by atoms with Crippen molar-refractivity contribution in [2.45, 2.75) is 59.6 Å². The third-order valence-electron chi connectivity index (χ3n) is 3.22. The Bertz CT molecular complexity index is 435. The molecule has 1 aromatic rings. The highest BCUT2D eigenvalue weighted by Gasteiger charge is 2.25. The Balaban J connectivity index is 2.35. The number of hydrogen-bond acceptors (Lipinski definition) is 3. The van der Waals surface area contributed by atoms with Crippen LogP contribution in [0.2, 0.25) is 0 Å². The van der Waals surface area contributed by atoms with Gasteiger partial charge < -0.3 is 15.2 Å². The van der Waals surface area contributed by atoms with Gasteiger partial charge in [-0.05, 0) is 50.3 Å². The normalized spacial score (nSPS) is 14.0. The number of aryl methyl sites for hydroxylation is 1. The van der Waals surface area contributed by atoms with E-state index in [2.05, 4.69) is 39.9 Å². The molecule has 1 unspecified atom stereocenters. The molecule has 0 radical (unpaired) electrons. The zero-order chi connectivity index (χ0) is 16.1. The van der Waals surface area contributed by atoms with Gasteiger partial charge in [-0.25, -0.2) is 0 Å². The molecule has 0 aliphatic heterocycles. The molecule has 2 N–H and O–H groups in total. The molecule has 1 atom stereocenters. The number of β-amino-alcohol motifs (C(OH)–C–C–N with tert-alkyl or cyclic N) is 1. The topological polar surface area (TPSA) is 41.5 Å². The smallest absolute Gasteiger partial charge is 0.119 e. The Morgan fingerprint density at radius 1 is 1.19 bits per heavy atom. The molecule has 0 fully saturated rings. The first-order chi connectivity index (χ1) is 9.57. The molecule has 0 bridgehead atoms. The molecule has 21 heavy (non-hydrogen) atoms. The van der Waals surface area contributed by atoms with Crippen molar-refractivity contribution in [2.24, 2.45) is 5.41 Å². The summed E-state index contributed by atoms with van der Waals surface area (Å²) in [5.41, 5.74) is 1.42. The van der Waals surface area contributed by atoms with Gasteiger partial charge in [0.1, 0.15) is 18.5 Å². The van der Waals surface area contributed by atoms with Gasteiger partial charge in [0.2, 0.25) is 0 Å². The summed E-state index contributed by atoms with van der Waals surface area (Å²) >= 11 is 0. The Kier molecular flexibility index (Phi) is 6.24. The summed E-state index contributed by atoms with van der Waals surface area (Å²) in [5.74, 6) is 0.808. The standard InChI is InChI=1S/C18H31NO2/c1-14-8-7-9-16(10-14)21-12-15(20)11-19-18(5,6)13-17(2,3)4/h7-10,15,19-20H,11-13H2,1-6H3. The van der Waals surface area contributed by atoms with Crippen molar-refractivity contribution in [1.82, 2.24) is 5.32 Å². The van der Waals surface area contributed by atoms with E-state index in [0.29, 0.717) is 13.2 Å². The molecule has 1 aromatic carbocycles. The van der Waals surface area contributed by atoms with Crippen molar-refractivity contribution in [3.8, 4) is 5.75 Å². The maximum Gasteiger partial charge on any atom is 0.119 e. The fourth-order valence-corrected chi connectivity index (χ4v) is 2.74. The third kappa shape index (κ3) is 8.08. The summed E-state index contributed by atoms with van der Waals surface area (Å²) in [6, 6.07) is 7.88. The number of aliphatic hydroxyl groups excluding tert-OH is 1. The lowest BCUT2D eigenvalue weighted by Gasteiger charge is -2.34. The second-order valence-electron chi connectivity index (χ2n) is 7.78. The predicted octanol–water partition coefficient (Wildman–Crippen LogP) is 3.54. The van der Waals surface area contributed by atoms with E-state index in [9.17, 15) is 5.11 Å². The minimum absolute atomic E-state index is 0.00254. The van der Waals surface area contributed by atoms with Crippen LogP contribution in [0.15, 0.2) is 24.3 Å². The molecule has 1 rings (SSSR count). The minimum Gasteiger partial charge on any atom is -0.491 e. The highest BCUT2D eigenvalue weighted by molar-refractivity contribution is 5.27. The van der Waals surface area contributed by atoms with Gasteiger partial charge >= 0.3 is 0 Å². The average Bonchev–Trinajstić information content (AvgIpc) is 2.31. The average molecular weight is 293 g/mol. The summed E-state index contributed by atoms with van der Waals surface area (Å²) < 4.78 is 5.62. The lowest BCUT2D eigenvalue weighted by Crippen LogP contribution is -2.46. The van der Waals surface area contributed by atoms with Crippen LogP contribution in [0.1, 0.15) is 46.6 Å². The van der Waals surface area contributed by atoms with Crippen LogP contribution in [-0.4, -0.2) is 29.9 Å². The largest absolute Gasteiger partial charge is 0.491 e. The fourth-order valence-electron chi connectivity index (χ4n) is 2.74. The molecule has 0 aliphatic carbocycles. The monoisotopic (exact) mass is 293 g/mol. The van der Waals surface area contributed by atoms with Crippen LogP contribution in [0.25, 0.3) is 0 Å². The molecule has 0 aliphatic rings. The van der Waals surface area contributed by atoms with Crippen LogP contribution >= 0.6 is 0 Å². The van der Waals surface area contributed by atoms with Crippen molar-refractivity contribution < 1.29 is 9.84 Å². The fraction of sp³-hybridized carbons (Fsp3) is 0.667. The van der Waals surface area contributed by atoms with Crippen LogP contribution in [-0.2, 0) is 0 Å². The van der Waals surface area contributed by atoms with Crippen LogP contribution in [0.3, 0.4) is 0 Å². The van der Waals surface area contributed by atoms with E-state index in [4.69, 9.17) is 4.74 Å². The number of aliphatic hydroxyl groups is 1. The third-order valence-corrected chi connectivity index (χ3v) is 3.22. The predicted molar refractivity (Wildman–Crippen MR) is 88.8 cm³/mol. The molecule has 0 spiro atoms. The Labute approximate surface area is 129 Å². The highest BCUT2D eigenvalue weighted by atomic mass is 16.5. The molecule has 0 aromatic heterocycles. The molecular weight excluding hydrogens is 262 g/mol. The van der Waals surface area contributed by atoms with Crippen LogP contribution in [0.4, 0.5) is 0 Å². The maximum absolute atomic E-state index is 10.1. The molecule has 0 saturated carbocycles. The van der Waals surface area contributed by atoms with E-state index in [0.717, 1.165) is 17.7 Å². The Morgan fingerprint density at radius 3 is 2.43 bits per heavy atom. The van der Waals surface area contributed by atoms with E-state index in [1.807, 2.05) is 31.2 Å². The van der Waals surface area contributed by atoms with Crippen molar-refractivity contribution >= 4 is 0 Å². The van der Waals surface area contributed by atoms with E-state index in [1.165, 1.54) is 0 Å². The molecule has 0 heterocycles. The van der Waals surface area contributed by atoms with E-state index >= 15 is 0 Å². The van der Waals surface area contributed by atoms with E-state index < -0.39 is 6.10 Å². The van der Waals surface area contributed by atoms with Crippen molar-refractivity contribution in [1.29, 1.82) is 0 Å². The van der Waals surface area contributed by atoms with Gasteiger partial charge in [0.05, 0.1) is 0 Å². The quantitative estimate of drug-likeness (QED) is 0.808. The summed E-state index contributed by atoms with van der Waals surface area (Å²) in [4.78, 5) is 0. The van der Waals surface area contributed by atoms with Gasteiger partial charge in [-0.1, -0.05) is 32.9 Å². The van der Waals surface area contributed by atoms with Gasteiger partial charge in [0.25, 0.3) is 0 Å². The van der Waals surface area contributed by atoms with Crippen LogP contribution in [0.5, 0.6) is 5.75 Å². The summed E-state index contributed by atoms with van der Waals surface area (Å²) in [6.45, 7) is 13.9. The van der Waals surface area contributed by atoms with Crippen molar-refractivity contribution in [3.63, 3.8) is 0 Å². The SMILES string of the molecule is Cc1cccc(OCC(O)CNC(C)(C)CC(C)(C)C)c1. The molecular formula is C18H31NO2. The Morgan fingerprint density at radius 2 is 1.86 bits per heavy atom.